The number of carboxylic acids is 2. The van der Waals surface area contributed by atoms with Crippen molar-refractivity contribution in [2.75, 3.05) is 27.7 Å². The minimum absolute atomic E-state index is 0.130. The van der Waals surface area contributed by atoms with Gasteiger partial charge in [0.05, 0.1) is 45.0 Å². The van der Waals surface area contributed by atoms with Crippen LogP contribution >= 0.6 is 11.3 Å². The Labute approximate surface area is 231 Å². The number of quaternary nitrogens is 1. The first-order chi connectivity index (χ1) is 17.9. The number of likely N-dealkylation sites (N-methyl/N-ethyl adjacent to an activating group) is 1. The number of rotatable bonds is 11. The molecule has 39 heavy (non-hydrogen) atoms. The molecule has 216 valence electrons. The topological polar surface area (TPSA) is 124 Å². The fraction of sp³-hybridized carbons (Fsp3) is 0.462. The third-order valence-corrected chi connectivity index (χ3v) is 7.95. The number of aliphatic carboxylic acids is 2. The van der Waals surface area contributed by atoms with Gasteiger partial charge in [0.1, 0.15) is 10.2 Å². The van der Waals surface area contributed by atoms with Crippen molar-refractivity contribution in [3.05, 3.63) is 52.4 Å². The number of nitrogens with one attached hydrogen (secondary N) is 1. The highest BCUT2D eigenvalue weighted by Gasteiger charge is 2.29. The van der Waals surface area contributed by atoms with Crippen molar-refractivity contribution in [3.63, 3.8) is 0 Å². The predicted octanol–water partition coefficient (Wildman–Crippen LogP) is 3.01. The van der Waals surface area contributed by atoms with Crippen LogP contribution in [0.4, 0.5) is 13.2 Å². The lowest BCUT2D eigenvalue weighted by Crippen LogP contribution is -2.49. The molecular formula is C26H33F3N2O6S2. The maximum absolute atomic E-state index is 12.8. The lowest BCUT2D eigenvalue weighted by Gasteiger charge is -2.28. The van der Waals surface area contributed by atoms with E-state index in [1.165, 1.54) is 30.9 Å². The molecular weight excluding hydrogens is 557 g/mol. The number of alkyl halides is 3. The zero-order valence-corrected chi connectivity index (χ0v) is 23.8. The van der Waals surface area contributed by atoms with Crippen LogP contribution < -0.4 is 9.83 Å². The van der Waals surface area contributed by atoms with E-state index < -0.39 is 34.2 Å². The molecule has 0 aliphatic heterocycles. The maximum Gasteiger partial charge on any atom is 0.430 e. The van der Waals surface area contributed by atoms with E-state index in [0.717, 1.165) is 23.3 Å². The second-order valence-electron chi connectivity index (χ2n) is 9.70. The van der Waals surface area contributed by atoms with E-state index in [-0.39, 0.29) is 10.6 Å². The lowest BCUT2D eigenvalue weighted by molar-refractivity contribution is -0.871. The van der Waals surface area contributed by atoms with Crippen LogP contribution in [0.3, 0.4) is 0 Å². The summed E-state index contributed by atoms with van der Waals surface area (Å²) in [4.78, 5) is 20.6. The van der Waals surface area contributed by atoms with Gasteiger partial charge in [-0.25, -0.2) is 13.1 Å². The largest absolute Gasteiger partial charge is 0.542 e. The Kier molecular flexibility index (Phi) is 13.1. The number of sulfonamides is 1. The minimum atomic E-state index is -5.19. The van der Waals surface area contributed by atoms with E-state index in [2.05, 4.69) is 35.6 Å². The molecule has 1 atom stereocenters. The van der Waals surface area contributed by atoms with Gasteiger partial charge >= 0.3 is 12.1 Å². The summed E-state index contributed by atoms with van der Waals surface area (Å²) in [6.45, 7) is 2.55. The van der Waals surface area contributed by atoms with Crippen LogP contribution in [0, 0.1) is 11.8 Å². The fourth-order valence-electron chi connectivity index (χ4n) is 3.29. The van der Waals surface area contributed by atoms with Gasteiger partial charge in [0.15, 0.2) is 0 Å². The number of aryl methyl sites for hydroxylation is 1. The number of unbranched alkanes of at least 4 members (excludes halogenated alkanes) is 2. The van der Waals surface area contributed by atoms with Gasteiger partial charge in [0.25, 0.3) is 10.0 Å². The van der Waals surface area contributed by atoms with Crippen LogP contribution in [-0.2, 0) is 26.0 Å². The van der Waals surface area contributed by atoms with Crippen molar-refractivity contribution in [2.24, 2.45) is 0 Å². The highest BCUT2D eigenvalue weighted by Crippen LogP contribution is 2.22. The van der Waals surface area contributed by atoms with Gasteiger partial charge in [-0.1, -0.05) is 43.7 Å². The summed E-state index contributed by atoms with van der Waals surface area (Å²) in [5, 5.41) is 17.9. The second kappa shape index (κ2) is 15.0. The Morgan fingerprint density at radius 2 is 1.67 bits per heavy atom. The zero-order valence-electron chi connectivity index (χ0n) is 22.2. The Morgan fingerprint density at radius 3 is 2.15 bits per heavy atom. The van der Waals surface area contributed by atoms with Gasteiger partial charge in [-0.2, -0.15) is 13.2 Å². The molecule has 0 saturated carbocycles. The average Bonchev–Trinajstić information content (AvgIpc) is 3.27. The normalized spacial score (nSPS) is 12.5. The number of carbonyl (C=O) groups is 2. The molecule has 13 heteroatoms. The number of hydrogen-bond acceptors (Lipinski definition) is 6. The van der Waals surface area contributed by atoms with Crippen molar-refractivity contribution in [1.82, 2.24) is 4.72 Å². The molecule has 0 amide bonds. The van der Waals surface area contributed by atoms with Gasteiger partial charge in [0, 0.05) is 5.56 Å². The first-order valence-corrected chi connectivity index (χ1v) is 14.3. The number of hydrogen-bond donors (Lipinski definition) is 2. The van der Waals surface area contributed by atoms with Crippen LogP contribution in [0.2, 0.25) is 0 Å². The van der Waals surface area contributed by atoms with Crippen molar-refractivity contribution in [1.29, 1.82) is 0 Å². The molecule has 2 aromatic rings. The van der Waals surface area contributed by atoms with Crippen LogP contribution in [0.25, 0.3) is 0 Å². The number of nitrogens with zero attached hydrogens (tertiary/aromatic N) is 1. The SMILES string of the molecule is CCCCCc1ccc(C#Cc2ccc(S(=O)(=O)N[C@H](CC(=O)O)C[N+](C)(C)C)s2)cc1.O=C([O-])C(F)(F)F. The van der Waals surface area contributed by atoms with E-state index in [0.29, 0.717) is 15.9 Å². The average molecular weight is 591 g/mol. The zero-order chi connectivity index (χ0) is 29.9. The van der Waals surface area contributed by atoms with Crippen LogP contribution in [0.15, 0.2) is 40.6 Å². The van der Waals surface area contributed by atoms with Crippen LogP contribution in [0.1, 0.15) is 48.6 Å². The number of carboxylic acid groups (broad SMARTS) is 2. The van der Waals surface area contributed by atoms with Crippen LogP contribution in [-0.4, -0.2) is 69.9 Å². The maximum atomic E-state index is 12.8. The second-order valence-corrected chi connectivity index (χ2v) is 12.7. The molecule has 0 saturated heterocycles. The molecule has 0 aliphatic carbocycles. The number of carbonyl (C=O) groups excluding carboxylic acids is 1. The first-order valence-electron chi connectivity index (χ1n) is 12.0. The Morgan fingerprint density at radius 1 is 1.08 bits per heavy atom. The molecule has 0 radical (unpaired) electrons. The highest BCUT2D eigenvalue weighted by atomic mass is 32.2. The fourth-order valence-corrected chi connectivity index (χ4v) is 5.70. The van der Waals surface area contributed by atoms with E-state index in [4.69, 9.17) is 15.0 Å². The molecule has 0 unspecified atom stereocenters. The Hall–Kier alpha value is -2.92. The smallest absolute Gasteiger partial charge is 0.430 e. The summed E-state index contributed by atoms with van der Waals surface area (Å²) in [5.74, 6) is 2.06. The Balaban J connectivity index is 0.000000956. The molecule has 2 N–H and O–H groups in total. The number of thiophene rings is 1. The van der Waals surface area contributed by atoms with Crippen LogP contribution in [0.5, 0.6) is 0 Å². The van der Waals surface area contributed by atoms with Gasteiger partial charge in [0.2, 0.25) is 0 Å². The molecule has 1 aromatic carbocycles. The quantitative estimate of drug-likeness (QED) is 0.236. The molecule has 0 fully saturated rings. The van der Waals surface area contributed by atoms with Crippen molar-refractivity contribution in [3.8, 4) is 11.8 Å². The standard InChI is InChI=1S/C24H32N2O4S2.C2HF3O2/c1-5-6-7-8-19-9-11-20(12-10-19)13-14-22-15-16-24(31-22)32(29,30)25-21(17-23(27)28)18-26(2,3)4;3-2(4,5)1(6)7/h9-12,15-16,21,25H,5-8,17-18H2,1-4H3;(H,6,7)/t21-;/m1./s1. The lowest BCUT2D eigenvalue weighted by atomic mass is 10.1. The molecule has 1 aromatic heterocycles. The summed E-state index contributed by atoms with van der Waals surface area (Å²) in [6, 6.07) is 10.6. The van der Waals surface area contributed by atoms with E-state index >= 15 is 0 Å². The summed E-state index contributed by atoms with van der Waals surface area (Å²) >= 11 is 1.08. The summed E-state index contributed by atoms with van der Waals surface area (Å²) in [6.07, 6.45) is -0.789. The minimum Gasteiger partial charge on any atom is -0.542 e. The molecule has 1 heterocycles. The van der Waals surface area contributed by atoms with Gasteiger partial charge in [-0.15, -0.1) is 11.3 Å². The molecule has 0 aliphatic rings. The van der Waals surface area contributed by atoms with E-state index in [1.54, 1.807) is 6.07 Å². The summed E-state index contributed by atoms with van der Waals surface area (Å²) in [7, 11) is 1.84. The molecule has 8 nitrogen and oxygen atoms in total. The Bertz CT molecular complexity index is 1260. The summed E-state index contributed by atoms with van der Waals surface area (Å²) < 4.78 is 60.3. The highest BCUT2D eigenvalue weighted by molar-refractivity contribution is 7.91. The molecule has 0 spiro atoms. The van der Waals surface area contributed by atoms with E-state index in [1.807, 2.05) is 33.3 Å². The van der Waals surface area contributed by atoms with Crippen molar-refractivity contribution >= 4 is 33.3 Å². The third-order valence-electron chi connectivity index (χ3n) is 4.94. The third kappa shape index (κ3) is 14.2. The first kappa shape index (κ1) is 34.1. The van der Waals surface area contributed by atoms with Crippen molar-refractivity contribution < 1.29 is 45.9 Å². The van der Waals surface area contributed by atoms with Gasteiger partial charge in [-0.3, -0.25) is 4.79 Å². The van der Waals surface area contributed by atoms with Gasteiger partial charge < -0.3 is 19.5 Å². The number of benzene rings is 1. The van der Waals surface area contributed by atoms with Gasteiger partial charge in [-0.05, 0) is 42.7 Å². The van der Waals surface area contributed by atoms with Crippen molar-refractivity contribution in [2.45, 2.75) is 55.5 Å². The molecule has 0 bridgehead atoms. The number of halogens is 3. The summed E-state index contributed by atoms with van der Waals surface area (Å²) in [5.41, 5.74) is 2.18. The monoisotopic (exact) mass is 590 g/mol. The van der Waals surface area contributed by atoms with E-state index in [9.17, 15) is 26.4 Å². The molecule has 2 rings (SSSR count). The predicted molar refractivity (Wildman–Crippen MR) is 140 cm³/mol.